The molecule has 0 bridgehead atoms. The van der Waals surface area contributed by atoms with Gasteiger partial charge in [-0.25, -0.2) is 14.5 Å². The zero-order chi connectivity index (χ0) is 19.5. The molecule has 1 fully saturated rings. The van der Waals surface area contributed by atoms with Gasteiger partial charge in [-0.3, -0.25) is 4.79 Å². The van der Waals surface area contributed by atoms with Crippen LogP contribution < -0.4 is 0 Å². The summed E-state index contributed by atoms with van der Waals surface area (Å²) in [5, 5.41) is 0. The van der Waals surface area contributed by atoms with Crippen molar-refractivity contribution < 1.29 is 23.9 Å². The van der Waals surface area contributed by atoms with Gasteiger partial charge in [0.1, 0.15) is 11.6 Å². The van der Waals surface area contributed by atoms with Crippen LogP contribution in [0.3, 0.4) is 0 Å². The van der Waals surface area contributed by atoms with Crippen LogP contribution in [0.1, 0.15) is 39.7 Å². The maximum absolute atomic E-state index is 12.9. The summed E-state index contributed by atoms with van der Waals surface area (Å²) in [6.07, 6.45) is -0.0986. The molecule has 1 aromatic carbocycles. The second-order valence-corrected chi connectivity index (χ2v) is 8.47. The minimum Gasteiger partial charge on any atom is -0.464 e. The summed E-state index contributed by atoms with van der Waals surface area (Å²) >= 11 is 2.21. The predicted octanol–water partition coefficient (Wildman–Crippen LogP) is 3.55. The summed E-state index contributed by atoms with van der Waals surface area (Å²) in [6, 6.07) is 6.87. The fraction of sp³-hybridized carbons (Fsp3) is 0.526. The van der Waals surface area contributed by atoms with Crippen molar-refractivity contribution in [1.82, 2.24) is 4.90 Å². The van der Waals surface area contributed by atoms with Crippen LogP contribution in [0.4, 0.5) is 4.79 Å². The Balaban J connectivity index is 2.24. The van der Waals surface area contributed by atoms with E-state index >= 15 is 0 Å². The average Bonchev–Trinajstić information content (AvgIpc) is 2.83. The van der Waals surface area contributed by atoms with E-state index in [1.54, 1.807) is 27.7 Å². The first-order valence-electron chi connectivity index (χ1n) is 8.59. The number of hydrogen-bond acceptors (Lipinski definition) is 5. The number of nitrogens with zero attached hydrogens (tertiary/aromatic N) is 1. The predicted molar refractivity (Wildman–Crippen MR) is 104 cm³/mol. The van der Waals surface area contributed by atoms with Crippen LogP contribution in [-0.2, 0) is 25.5 Å². The zero-order valence-electron chi connectivity index (χ0n) is 15.5. The lowest BCUT2D eigenvalue weighted by Crippen LogP contribution is -2.46. The molecule has 26 heavy (non-hydrogen) atoms. The Hall–Kier alpha value is -1.64. The topological polar surface area (TPSA) is 72.9 Å². The molecule has 0 aromatic heterocycles. The monoisotopic (exact) mass is 473 g/mol. The standard InChI is InChI=1S/C19H24INO5/c1-5-25-17(23)15-11-13(9-12-7-6-8-14(20)10-12)16(22)21(15)18(24)26-19(2,3)4/h6-8,10,13,15H,5,9,11H2,1-4H3/t13-,15+/m0/s1. The minimum atomic E-state index is -0.940. The van der Waals surface area contributed by atoms with Crippen molar-refractivity contribution in [3.05, 3.63) is 33.4 Å². The number of halogens is 1. The van der Waals surface area contributed by atoms with Crippen molar-refractivity contribution in [2.75, 3.05) is 6.61 Å². The molecule has 0 spiro atoms. The molecule has 2 rings (SSSR count). The molecule has 0 saturated carbocycles. The van der Waals surface area contributed by atoms with Crippen LogP contribution in [0.25, 0.3) is 0 Å². The molecule has 7 heteroatoms. The van der Waals surface area contributed by atoms with Gasteiger partial charge < -0.3 is 9.47 Å². The number of imide groups is 1. The van der Waals surface area contributed by atoms with Crippen LogP contribution >= 0.6 is 22.6 Å². The summed E-state index contributed by atoms with van der Waals surface area (Å²) in [6.45, 7) is 7.03. The van der Waals surface area contributed by atoms with Gasteiger partial charge in [0.15, 0.2) is 0 Å². The van der Waals surface area contributed by atoms with Gasteiger partial charge in [-0.15, -0.1) is 0 Å². The number of carbonyl (C=O) groups is 3. The summed E-state index contributed by atoms with van der Waals surface area (Å²) in [5.41, 5.74) is 0.230. The highest BCUT2D eigenvalue weighted by molar-refractivity contribution is 14.1. The molecule has 1 aliphatic rings. The smallest absolute Gasteiger partial charge is 0.417 e. The molecular formula is C19H24INO5. The molecule has 1 saturated heterocycles. The van der Waals surface area contributed by atoms with Gasteiger partial charge in [0.2, 0.25) is 5.91 Å². The first-order valence-corrected chi connectivity index (χ1v) is 9.67. The van der Waals surface area contributed by atoms with Crippen LogP contribution in [0.5, 0.6) is 0 Å². The number of likely N-dealkylation sites (tertiary alicyclic amines) is 1. The number of ether oxygens (including phenoxy) is 2. The molecule has 0 unspecified atom stereocenters. The van der Waals surface area contributed by atoms with Gasteiger partial charge in [-0.1, -0.05) is 12.1 Å². The Morgan fingerprint density at radius 2 is 2.00 bits per heavy atom. The second-order valence-electron chi connectivity index (χ2n) is 7.22. The van der Waals surface area contributed by atoms with Crippen molar-refractivity contribution in [2.45, 2.75) is 52.2 Å². The van der Waals surface area contributed by atoms with Crippen LogP contribution in [0, 0.1) is 9.49 Å². The van der Waals surface area contributed by atoms with Gasteiger partial charge in [-0.05, 0) is 80.8 Å². The Labute approximate surface area is 167 Å². The fourth-order valence-electron chi connectivity index (χ4n) is 2.91. The first kappa shape index (κ1) is 20.7. The highest BCUT2D eigenvalue weighted by Crippen LogP contribution is 2.30. The van der Waals surface area contributed by atoms with E-state index < -0.39 is 35.5 Å². The molecule has 142 valence electrons. The van der Waals surface area contributed by atoms with E-state index in [1.807, 2.05) is 24.3 Å². The van der Waals surface area contributed by atoms with Crippen molar-refractivity contribution in [2.24, 2.45) is 5.92 Å². The summed E-state index contributed by atoms with van der Waals surface area (Å²) < 4.78 is 11.5. The average molecular weight is 473 g/mol. The molecular weight excluding hydrogens is 449 g/mol. The van der Waals surface area contributed by atoms with Crippen LogP contribution in [0.15, 0.2) is 24.3 Å². The van der Waals surface area contributed by atoms with E-state index in [9.17, 15) is 14.4 Å². The van der Waals surface area contributed by atoms with Gasteiger partial charge in [0, 0.05) is 9.49 Å². The fourth-order valence-corrected chi connectivity index (χ4v) is 3.52. The highest BCUT2D eigenvalue weighted by Gasteiger charge is 2.48. The molecule has 6 nitrogen and oxygen atoms in total. The molecule has 1 aromatic rings. The van der Waals surface area contributed by atoms with E-state index in [0.29, 0.717) is 6.42 Å². The van der Waals surface area contributed by atoms with Gasteiger partial charge in [0.25, 0.3) is 0 Å². The first-order chi connectivity index (χ1) is 12.1. The lowest BCUT2D eigenvalue weighted by molar-refractivity contribution is -0.151. The zero-order valence-corrected chi connectivity index (χ0v) is 17.6. The Bertz CT molecular complexity index is 697. The normalized spacial score (nSPS) is 20.2. The lowest BCUT2D eigenvalue weighted by atomic mass is 9.96. The summed E-state index contributed by atoms with van der Waals surface area (Å²) in [4.78, 5) is 38.6. The Morgan fingerprint density at radius 3 is 2.58 bits per heavy atom. The van der Waals surface area contributed by atoms with E-state index in [-0.39, 0.29) is 13.0 Å². The maximum atomic E-state index is 12.9. The van der Waals surface area contributed by atoms with Gasteiger partial charge >= 0.3 is 12.1 Å². The molecule has 2 amide bonds. The Morgan fingerprint density at radius 1 is 1.31 bits per heavy atom. The summed E-state index contributed by atoms with van der Waals surface area (Å²) in [5.74, 6) is -1.43. The second kappa shape index (κ2) is 8.37. The lowest BCUT2D eigenvalue weighted by Gasteiger charge is -2.26. The molecule has 2 atom stereocenters. The highest BCUT2D eigenvalue weighted by atomic mass is 127. The third-order valence-corrected chi connectivity index (χ3v) is 4.60. The van der Waals surface area contributed by atoms with Crippen molar-refractivity contribution in [3.63, 3.8) is 0 Å². The van der Waals surface area contributed by atoms with Crippen molar-refractivity contribution in [3.8, 4) is 0 Å². The van der Waals surface area contributed by atoms with Crippen molar-refractivity contribution in [1.29, 1.82) is 0 Å². The number of carbonyl (C=O) groups excluding carboxylic acids is 3. The third-order valence-electron chi connectivity index (χ3n) is 3.93. The van der Waals surface area contributed by atoms with E-state index in [2.05, 4.69) is 22.6 Å². The maximum Gasteiger partial charge on any atom is 0.417 e. The summed E-state index contributed by atoms with van der Waals surface area (Å²) in [7, 11) is 0. The van der Waals surface area contributed by atoms with Gasteiger partial charge in [0.05, 0.1) is 6.61 Å². The molecule has 0 N–H and O–H groups in total. The largest absolute Gasteiger partial charge is 0.464 e. The third kappa shape index (κ3) is 5.18. The number of rotatable bonds is 4. The number of hydrogen-bond donors (Lipinski definition) is 0. The van der Waals surface area contributed by atoms with Crippen LogP contribution in [-0.4, -0.2) is 41.1 Å². The van der Waals surface area contributed by atoms with E-state index in [1.165, 1.54) is 0 Å². The SMILES string of the molecule is CCOC(=O)[C@H]1C[C@H](Cc2cccc(I)c2)C(=O)N1C(=O)OC(C)(C)C. The number of benzene rings is 1. The van der Waals surface area contributed by atoms with Gasteiger partial charge in [-0.2, -0.15) is 0 Å². The molecule has 1 heterocycles. The number of esters is 1. The van der Waals surface area contributed by atoms with E-state index in [0.717, 1.165) is 14.0 Å². The minimum absolute atomic E-state index is 0.188. The number of amides is 2. The van der Waals surface area contributed by atoms with Crippen LogP contribution in [0.2, 0.25) is 0 Å². The Kier molecular flexibility index (Phi) is 6.65. The van der Waals surface area contributed by atoms with Crippen molar-refractivity contribution >= 4 is 40.6 Å². The molecule has 0 radical (unpaired) electrons. The molecule has 0 aliphatic carbocycles. The van der Waals surface area contributed by atoms with E-state index in [4.69, 9.17) is 9.47 Å². The molecule has 1 aliphatic heterocycles. The quantitative estimate of drug-likeness (QED) is 0.494.